The molecule has 0 amide bonds. The molecule has 1 N–H and O–H groups in total. The second kappa shape index (κ2) is 8.13. The Bertz CT molecular complexity index is 1240. The Labute approximate surface area is 176 Å². The summed E-state index contributed by atoms with van der Waals surface area (Å²) in [7, 11) is -0.928. The van der Waals surface area contributed by atoms with Crippen LogP contribution in [0.1, 0.15) is 0 Å². The number of ether oxygens (including phenoxy) is 2. The molecule has 2 heterocycles. The highest BCUT2D eigenvalue weighted by Crippen LogP contribution is 2.41. The molecule has 11 heteroatoms. The third kappa shape index (κ3) is 3.60. The van der Waals surface area contributed by atoms with Crippen molar-refractivity contribution >= 4 is 32.7 Å². The molecule has 0 aliphatic heterocycles. The molecule has 30 heavy (non-hydrogen) atoms. The number of thiophene rings is 1. The lowest BCUT2D eigenvalue weighted by molar-refractivity contribution is 0.395. The lowest BCUT2D eigenvalue weighted by Crippen LogP contribution is -2.26. The number of sulfonamides is 1. The summed E-state index contributed by atoms with van der Waals surface area (Å²) in [6, 6.07) is 15.1. The molecule has 0 radical (unpaired) electrons. The highest BCUT2D eigenvalue weighted by molar-refractivity contribution is 7.95. The number of hydrogen-bond donors (Lipinski definition) is 1. The number of anilines is 2. The van der Waals surface area contributed by atoms with Crippen molar-refractivity contribution < 1.29 is 17.9 Å². The van der Waals surface area contributed by atoms with E-state index in [2.05, 4.69) is 20.6 Å². The SMILES string of the molecule is COc1ccc(N(c2cccc(-c3nn[nH]n3)c2)S(=O)(=O)c2cccs2)c(OC)c1. The standard InChI is InChI=1S/C19H17N5O4S2/c1-27-15-8-9-16(17(12-15)28-2)24(30(25,26)18-7-4-10-29-18)14-6-3-5-13(11-14)19-20-22-23-21-19/h3-12H,1-2H3,(H,20,21,22,23). The fraction of sp³-hybridized carbons (Fsp3) is 0.105. The van der Waals surface area contributed by atoms with Gasteiger partial charge in [0.2, 0.25) is 5.82 Å². The van der Waals surface area contributed by atoms with Gasteiger partial charge in [0.15, 0.2) is 0 Å². The fourth-order valence-corrected chi connectivity index (χ4v) is 5.47. The van der Waals surface area contributed by atoms with Gasteiger partial charge in [0.25, 0.3) is 10.0 Å². The molecule has 9 nitrogen and oxygen atoms in total. The van der Waals surface area contributed by atoms with E-state index < -0.39 is 10.0 Å². The normalized spacial score (nSPS) is 11.3. The maximum Gasteiger partial charge on any atom is 0.278 e. The van der Waals surface area contributed by atoms with Crippen LogP contribution in [0, 0.1) is 0 Å². The molecule has 0 aliphatic carbocycles. The first-order chi connectivity index (χ1) is 14.5. The highest BCUT2D eigenvalue weighted by Gasteiger charge is 2.30. The molecule has 0 unspecified atom stereocenters. The summed E-state index contributed by atoms with van der Waals surface area (Å²) in [6.07, 6.45) is 0. The topological polar surface area (TPSA) is 110 Å². The Hall–Kier alpha value is -3.44. The zero-order valence-electron chi connectivity index (χ0n) is 16.0. The maximum atomic E-state index is 13.6. The van der Waals surface area contributed by atoms with Crippen molar-refractivity contribution in [2.24, 2.45) is 0 Å². The molecule has 4 rings (SSSR count). The molecule has 0 bridgehead atoms. The van der Waals surface area contributed by atoms with E-state index in [1.807, 2.05) is 0 Å². The molecule has 0 spiro atoms. The van der Waals surface area contributed by atoms with Crippen LogP contribution in [0.15, 0.2) is 64.2 Å². The molecule has 2 aromatic carbocycles. The number of H-pyrrole nitrogens is 1. The van der Waals surface area contributed by atoms with Gasteiger partial charge in [-0.1, -0.05) is 18.2 Å². The number of methoxy groups -OCH3 is 2. The van der Waals surface area contributed by atoms with Crippen LogP contribution in [0.5, 0.6) is 11.5 Å². The summed E-state index contributed by atoms with van der Waals surface area (Å²) < 4.78 is 39.4. The van der Waals surface area contributed by atoms with Gasteiger partial charge in [-0.25, -0.2) is 4.31 Å². The van der Waals surface area contributed by atoms with Crippen molar-refractivity contribution in [1.82, 2.24) is 20.6 Å². The van der Waals surface area contributed by atoms with Gasteiger partial charge in [-0.3, -0.25) is 0 Å². The Balaban J connectivity index is 1.93. The van der Waals surface area contributed by atoms with Crippen LogP contribution >= 0.6 is 11.3 Å². The number of tetrazole rings is 1. The summed E-state index contributed by atoms with van der Waals surface area (Å²) >= 11 is 1.14. The lowest BCUT2D eigenvalue weighted by Gasteiger charge is -2.26. The van der Waals surface area contributed by atoms with Crippen LogP contribution in [0.3, 0.4) is 0 Å². The number of benzene rings is 2. The van der Waals surface area contributed by atoms with Crippen LogP contribution in [-0.2, 0) is 10.0 Å². The third-order valence-corrected chi connectivity index (χ3v) is 7.39. The van der Waals surface area contributed by atoms with Gasteiger partial charge < -0.3 is 9.47 Å². The minimum atomic E-state index is -3.93. The summed E-state index contributed by atoms with van der Waals surface area (Å²) in [5, 5.41) is 15.6. The Morgan fingerprint density at radius 2 is 1.90 bits per heavy atom. The largest absolute Gasteiger partial charge is 0.497 e. The average molecular weight is 444 g/mol. The van der Waals surface area contributed by atoms with Crippen molar-refractivity contribution in [3.8, 4) is 22.9 Å². The zero-order valence-corrected chi connectivity index (χ0v) is 17.6. The molecule has 0 fully saturated rings. The third-order valence-electron chi connectivity index (χ3n) is 4.28. The second-order valence-corrected chi connectivity index (χ2v) is 8.99. The summed E-state index contributed by atoms with van der Waals surface area (Å²) in [6.45, 7) is 0. The number of rotatable bonds is 7. The minimum absolute atomic E-state index is 0.199. The van der Waals surface area contributed by atoms with Crippen LogP contribution in [0.2, 0.25) is 0 Å². The number of aromatic nitrogens is 4. The number of hydrogen-bond acceptors (Lipinski definition) is 8. The molecule has 0 aliphatic rings. The average Bonchev–Trinajstić information content (AvgIpc) is 3.48. The molecule has 0 saturated carbocycles. The van der Waals surface area contributed by atoms with Gasteiger partial charge in [0, 0.05) is 11.6 Å². The van der Waals surface area contributed by atoms with Gasteiger partial charge in [-0.05, 0) is 40.9 Å². The monoisotopic (exact) mass is 443 g/mol. The lowest BCUT2D eigenvalue weighted by atomic mass is 10.2. The number of aromatic amines is 1. The maximum absolute atomic E-state index is 13.6. The van der Waals surface area contributed by atoms with E-state index in [-0.39, 0.29) is 4.21 Å². The van der Waals surface area contributed by atoms with Gasteiger partial charge in [-0.2, -0.15) is 13.6 Å². The summed E-state index contributed by atoms with van der Waals surface area (Å²) in [4.78, 5) is 0. The van der Waals surface area contributed by atoms with E-state index in [1.165, 1.54) is 18.5 Å². The van der Waals surface area contributed by atoms with Crippen LogP contribution in [0.25, 0.3) is 11.4 Å². The van der Waals surface area contributed by atoms with Crippen molar-refractivity contribution in [3.05, 3.63) is 60.0 Å². The summed E-state index contributed by atoms with van der Waals surface area (Å²) in [5.41, 5.74) is 1.35. The highest BCUT2D eigenvalue weighted by atomic mass is 32.2. The second-order valence-electron chi connectivity index (χ2n) is 6.03. The smallest absolute Gasteiger partial charge is 0.278 e. The van der Waals surface area contributed by atoms with Gasteiger partial charge >= 0.3 is 0 Å². The number of nitrogens with zero attached hydrogens (tertiary/aromatic N) is 4. The van der Waals surface area contributed by atoms with E-state index >= 15 is 0 Å². The molecule has 2 aromatic heterocycles. The molecular weight excluding hydrogens is 426 g/mol. The fourth-order valence-electron chi connectivity index (χ4n) is 2.92. The van der Waals surface area contributed by atoms with E-state index in [9.17, 15) is 8.42 Å². The zero-order chi connectivity index (χ0) is 21.1. The molecule has 0 atom stereocenters. The van der Waals surface area contributed by atoms with Crippen LogP contribution < -0.4 is 13.8 Å². The van der Waals surface area contributed by atoms with E-state index in [0.29, 0.717) is 34.3 Å². The predicted molar refractivity (Wildman–Crippen MR) is 113 cm³/mol. The van der Waals surface area contributed by atoms with Crippen LogP contribution in [-0.4, -0.2) is 43.3 Å². The first-order valence-electron chi connectivity index (χ1n) is 8.69. The predicted octanol–water partition coefficient (Wildman–Crippen LogP) is 3.47. The quantitative estimate of drug-likeness (QED) is 0.466. The van der Waals surface area contributed by atoms with Crippen molar-refractivity contribution in [1.29, 1.82) is 0 Å². The Kier molecular flexibility index (Phi) is 5.38. The first kappa shape index (κ1) is 19.9. The molecule has 154 valence electrons. The molecular formula is C19H17N5O4S2. The minimum Gasteiger partial charge on any atom is -0.497 e. The molecule has 4 aromatic rings. The van der Waals surface area contributed by atoms with E-state index in [0.717, 1.165) is 11.3 Å². The van der Waals surface area contributed by atoms with Gasteiger partial charge in [0.05, 0.1) is 25.6 Å². The molecule has 0 saturated heterocycles. The van der Waals surface area contributed by atoms with Crippen LogP contribution in [0.4, 0.5) is 11.4 Å². The Morgan fingerprint density at radius 1 is 1.03 bits per heavy atom. The Morgan fingerprint density at radius 3 is 2.57 bits per heavy atom. The summed E-state index contributed by atoms with van der Waals surface area (Å²) in [5.74, 6) is 1.25. The van der Waals surface area contributed by atoms with Crippen molar-refractivity contribution in [3.63, 3.8) is 0 Å². The number of nitrogens with one attached hydrogen (secondary N) is 1. The van der Waals surface area contributed by atoms with Crippen molar-refractivity contribution in [2.75, 3.05) is 18.5 Å². The van der Waals surface area contributed by atoms with Crippen molar-refractivity contribution in [2.45, 2.75) is 4.21 Å². The van der Waals surface area contributed by atoms with E-state index in [1.54, 1.807) is 60.0 Å². The van der Waals surface area contributed by atoms with Gasteiger partial charge in [-0.15, -0.1) is 21.5 Å². The van der Waals surface area contributed by atoms with Gasteiger partial charge in [0.1, 0.15) is 15.7 Å². The first-order valence-corrected chi connectivity index (χ1v) is 11.0. The van der Waals surface area contributed by atoms with E-state index in [4.69, 9.17) is 9.47 Å².